The maximum Gasteiger partial charge on any atom is 0.305 e. The predicted octanol–water partition coefficient (Wildman–Crippen LogP) is -0.827. The number of aliphatic hydroxyl groups is 6. The van der Waals surface area contributed by atoms with E-state index in [2.05, 4.69) is 59.6 Å². The molecular formula is C62H101N7O21. The van der Waals surface area contributed by atoms with E-state index in [1.54, 1.807) is 24.3 Å². The van der Waals surface area contributed by atoms with Crippen LogP contribution in [0.3, 0.4) is 0 Å². The van der Waals surface area contributed by atoms with Gasteiger partial charge in [0.2, 0.25) is 29.9 Å². The van der Waals surface area contributed by atoms with E-state index in [1.165, 1.54) is 34.6 Å². The van der Waals surface area contributed by atoms with Crippen molar-refractivity contribution in [2.45, 2.75) is 187 Å². The van der Waals surface area contributed by atoms with Crippen molar-refractivity contribution in [3.63, 3.8) is 0 Å². The fourth-order valence-electron chi connectivity index (χ4n) is 10.6. The third-order valence-corrected chi connectivity index (χ3v) is 15.8. The fourth-order valence-corrected chi connectivity index (χ4v) is 10.6. The number of hydrogen-bond acceptors (Lipinski definition) is 24. The van der Waals surface area contributed by atoms with Crippen molar-refractivity contribution in [1.29, 1.82) is 0 Å². The summed E-state index contributed by atoms with van der Waals surface area (Å²) in [5.74, 6) is -0.349. The van der Waals surface area contributed by atoms with Crippen molar-refractivity contribution in [1.82, 2.24) is 31.9 Å². The molecule has 0 aromatic heterocycles. The maximum atomic E-state index is 12.1. The zero-order chi connectivity index (χ0) is 67.2. The van der Waals surface area contributed by atoms with Crippen LogP contribution >= 0.6 is 0 Å². The van der Waals surface area contributed by atoms with Gasteiger partial charge in [-0.2, -0.15) is 0 Å². The van der Waals surface area contributed by atoms with Crippen LogP contribution in [0.2, 0.25) is 0 Å². The second kappa shape index (κ2) is 41.2. The van der Waals surface area contributed by atoms with Gasteiger partial charge in [0.25, 0.3) is 0 Å². The number of benzene rings is 2. The molecule has 510 valence electrons. The minimum atomic E-state index is -1.35. The molecule has 90 heavy (non-hydrogen) atoms. The molecule has 0 aliphatic carbocycles. The van der Waals surface area contributed by atoms with Crippen molar-refractivity contribution >= 4 is 41.2 Å². The molecule has 0 saturated carbocycles. The highest BCUT2D eigenvalue weighted by molar-refractivity contribution is 5.98. The van der Waals surface area contributed by atoms with E-state index in [-0.39, 0.29) is 92.4 Å². The van der Waals surface area contributed by atoms with Gasteiger partial charge in [0.05, 0.1) is 70.4 Å². The van der Waals surface area contributed by atoms with E-state index < -0.39 is 105 Å². The highest BCUT2D eigenvalue weighted by atomic mass is 16.7. The minimum Gasteiger partial charge on any atom is -0.434 e. The quantitative estimate of drug-likeness (QED) is 0.0311. The molecule has 20 atom stereocenters. The highest BCUT2D eigenvalue weighted by Gasteiger charge is 2.48. The van der Waals surface area contributed by atoms with Crippen LogP contribution < -0.4 is 37.6 Å². The molecule has 6 rings (SSSR count). The van der Waals surface area contributed by atoms with Gasteiger partial charge >= 0.3 is 5.97 Å². The number of esters is 1. The van der Waals surface area contributed by atoms with Crippen molar-refractivity contribution in [2.75, 3.05) is 65.8 Å². The second-order valence-corrected chi connectivity index (χ2v) is 22.6. The Morgan fingerprint density at radius 3 is 1.11 bits per heavy atom. The van der Waals surface area contributed by atoms with Gasteiger partial charge in [0, 0.05) is 65.4 Å². The van der Waals surface area contributed by atoms with Crippen LogP contribution in [-0.4, -0.2) is 236 Å². The molecule has 28 heteroatoms. The molecule has 28 nitrogen and oxygen atoms in total. The summed E-state index contributed by atoms with van der Waals surface area (Å²) < 4.78 is 44.5. The van der Waals surface area contributed by atoms with Crippen molar-refractivity contribution in [3.8, 4) is 0 Å². The van der Waals surface area contributed by atoms with E-state index in [9.17, 15) is 59.1 Å². The molecular weight excluding hydrogens is 1180 g/mol. The Labute approximate surface area is 527 Å². The van der Waals surface area contributed by atoms with Gasteiger partial charge in [0.1, 0.15) is 48.7 Å². The van der Waals surface area contributed by atoms with Crippen LogP contribution in [0.5, 0.6) is 0 Å². The molecule has 0 radical (unpaired) electrons. The first-order valence-corrected chi connectivity index (χ1v) is 30.7. The van der Waals surface area contributed by atoms with Crippen LogP contribution in [0.4, 0.5) is 0 Å². The Kier molecular flexibility index (Phi) is 36.0. The van der Waals surface area contributed by atoms with Crippen LogP contribution in [0.1, 0.15) is 110 Å². The molecule has 4 heterocycles. The lowest BCUT2D eigenvalue weighted by Crippen LogP contribution is -2.64. The lowest BCUT2D eigenvalue weighted by Gasteiger charge is -2.44. The normalized spacial score (nSPS) is 31.2. The number of ether oxygens (including phenoxy) is 8. The number of carbonyl (C=O) groups excluding carboxylic acids is 7. The summed E-state index contributed by atoms with van der Waals surface area (Å²) >= 11 is 0. The molecule has 0 spiro atoms. The molecule has 2 aromatic rings. The Bertz CT molecular complexity index is 2350. The number of carbonyl (C=O) groups is 7. The summed E-state index contributed by atoms with van der Waals surface area (Å²) in [5, 5.41) is 74.7. The van der Waals surface area contributed by atoms with Gasteiger partial charge in [-0.05, 0) is 36.5 Å². The van der Waals surface area contributed by atoms with Gasteiger partial charge in [-0.1, -0.05) is 102 Å². The summed E-state index contributed by atoms with van der Waals surface area (Å²) in [4.78, 5) is 80.4. The standard InChI is InChI=1S/C21H32N2O4.C18H26N2O7.C13H23NO4.C10H20N2O6/c1-5-19-14(2)15(3)20(23-16(4)24)21(27-19)26-12-11-22-13-18(25)17-9-7-6-8-10-17;1-11(22)20-15-17(25)16(24)14(10-21)27-18(15)26-8-7-19-9-13(23)12-5-3-2-4-6-12;1-6-11-7(2)8(3)12(14-9(4)15)13(18-11)17-10(5)16;1-5(14)12-7-9(16)8(15)6(4-13)18-10(7)17-3-2-11/h6-10,14-15,19-22H,5,11-13H2,1-4H3,(H,23,24);2-6,14-19,21,24-25H,7-10H2,1H3,(H,20,22);7-8,11-13H,6H2,1-5H3,(H,14,15);6-10,13,15-16H,2-4,11H2,1H3,(H,12,14)/t14-,15-,19?,20?,21+;14?,15?,16-,17-,18-;7-,8-,11?,12?,13?;6?,7?,8-,9-,10-/m0101/s1. The van der Waals surface area contributed by atoms with Crippen LogP contribution in [0.25, 0.3) is 0 Å². The number of nitrogens with one attached hydrogen (secondary N) is 6. The molecule has 4 aliphatic heterocycles. The zero-order valence-electron chi connectivity index (χ0n) is 53.7. The molecule has 4 aliphatic rings. The number of aliphatic hydroxyl groups excluding tert-OH is 6. The Hall–Kier alpha value is -5.51. The Morgan fingerprint density at radius 2 is 0.778 bits per heavy atom. The number of hydrogen-bond donors (Lipinski definition) is 13. The van der Waals surface area contributed by atoms with Crippen molar-refractivity contribution in [3.05, 3.63) is 71.8 Å². The highest BCUT2D eigenvalue weighted by Crippen LogP contribution is 2.34. The molecule has 2 aromatic carbocycles. The summed E-state index contributed by atoms with van der Waals surface area (Å²) in [6.07, 6.45) is -8.54. The average Bonchev–Trinajstić information content (AvgIpc) is 1.46. The largest absolute Gasteiger partial charge is 0.434 e. The summed E-state index contributed by atoms with van der Waals surface area (Å²) in [6.45, 7) is 20.6. The van der Waals surface area contributed by atoms with Crippen LogP contribution in [0, 0.1) is 23.7 Å². The number of nitrogens with two attached hydrogens (primary N) is 1. The summed E-state index contributed by atoms with van der Waals surface area (Å²) in [5.41, 5.74) is 6.59. The van der Waals surface area contributed by atoms with Crippen LogP contribution in [-0.2, 0) is 61.9 Å². The third kappa shape index (κ3) is 25.5. The molecule has 4 fully saturated rings. The monoisotopic (exact) mass is 1280 g/mol. The van der Waals surface area contributed by atoms with Gasteiger partial charge in [-0.25, -0.2) is 0 Å². The Balaban J connectivity index is 0.000000319. The lowest BCUT2D eigenvalue weighted by molar-refractivity contribution is -0.269. The summed E-state index contributed by atoms with van der Waals surface area (Å²) in [7, 11) is 0. The number of rotatable bonds is 26. The fraction of sp³-hybridized carbons (Fsp3) is 0.694. The molecule has 14 N–H and O–H groups in total. The first-order chi connectivity index (χ1) is 42.7. The SMILES string of the molecule is CC(=O)NC1[C@H](OCCN)OC(CO)[C@@H](O)[C@@H]1O.CC(=O)NC1[C@H](OCCNCC(=O)c2ccccc2)OC(CO)[C@@H](O)[C@@H]1O.CCC1OC(OC(C)=O)C(NC(C)=O)[C@@H](C)[C@@H]1C.CCC1O[C@@H](OCCNCC(=O)c2ccccc2)C(NC(C)=O)[C@@H](C)[C@@H]1C. The first kappa shape index (κ1) is 78.7. The molecule has 4 amide bonds. The molecule has 9 unspecified atom stereocenters. The topological polar surface area (TPSA) is 413 Å². The van der Waals surface area contributed by atoms with Crippen molar-refractivity contribution in [2.24, 2.45) is 29.4 Å². The first-order valence-electron chi connectivity index (χ1n) is 30.7. The predicted molar refractivity (Wildman–Crippen MR) is 326 cm³/mol. The van der Waals surface area contributed by atoms with Crippen LogP contribution in [0.15, 0.2) is 60.7 Å². The van der Waals surface area contributed by atoms with Gasteiger partial charge in [-0.3, -0.25) is 33.6 Å². The smallest absolute Gasteiger partial charge is 0.305 e. The molecule has 4 saturated heterocycles. The van der Waals surface area contributed by atoms with E-state index >= 15 is 0 Å². The molecule has 0 bridgehead atoms. The Morgan fingerprint density at radius 1 is 0.456 bits per heavy atom. The van der Waals surface area contributed by atoms with Gasteiger partial charge in [0.15, 0.2) is 30.4 Å². The van der Waals surface area contributed by atoms with E-state index in [4.69, 9.17) is 48.7 Å². The lowest BCUT2D eigenvalue weighted by atomic mass is 9.81. The zero-order valence-corrected chi connectivity index (χ0v) is 53.7. The minimum absolute atomic E-state index is 0.0501. The van der Waals surface area contributed by atoms with Gasteiger partial charge < -0.3 is 106 Å². The van der Waals surface area contributed by atoms with E-state index in [1.807, 2.05) is 50.2 Å². The van der Waals surface area contributed by atoms with E-state index in [0.29, 0.717) is 42.7 Å². The van der Waals surface area contributed by atoms with Crippen molar-refractivity contribution < 1.29 is 102 Å². The second-order valence-electron chi connectivity index (χ2n) is 22.6. The average molecular weight is 1280 g/mol. The number of ketones is 2. The summed E-state index contributed by atoms with van der Waals surface area (Å²) in [6, 6.07) is 15.7. The third-order valence-electron chi connectivity index (χ3n) is 15.8. The maximum absolute atomic E-state index is 12.1. The van der Waals surface area contributed by atoms with Gasteiger partial charge in [-0.15, -0.1) is 0 Å². The van der Waals surface area contributed by atoms with E-state index in [0.717, 1.165) is 12.8 Å². The number of amides is 4. The number of Topliss-reactive ketones (excluding diaryl/α,β-unsaturated/α-hetero) is 2.